The first kappa shape index (κ1) is 16.0. The van der Waals surface area contributed by atoms with Gasteiger partial charge in [-0.15, -0.1) is 0 Å². The summed E-state index contributed by atoms with van der Waals surface area (Å²) in [5.74, 6) is -0.568. The number of esters is 1. The lowest BCUT2D eigenvalue weighted by Gasteiger charge is -2.02. The largest absolute Gasteiger partial charge is 0.462 e. The van der Waals surface area contributed by atoms with E-state index in [9.17, 15) is 4.79 Å². The van der Waals surface area contributed by atoms with Crippen LogP contribution < -0.4 is 0 Å². The van der Waals surface area contributed by atoms with Gasteiger partial charge in [0.05, 0.1) is 6.61 Å². The van der Waals surface area contributed by atoms with Crippen LogP contribution >= 0.6 is 0 Å². The number of nitriles is 1. The van der Waals surface area contributed by atoms with Gasteiger partial charge in [-0.05, 0) is 37.0 Å². The number of ether oxygens (including phenoxy) is 1. The van der Waals surface area contributed by atoms with Crippen molar-refractivity contribution in [2.75, 3.05) is 6.61 Å². The van der Waals surface area contributed by atoms with Gasteiger partial charge in [0.25, 0.3) is 0 Å². The number of aryl methyl sites for hydroxylation is 1. The molecule has 0 atom stereocenters. The van der Waals surface area contributed by atoms with Crippen LogP contribution in [-0.2, 0) is 16.0 Å². The summed E-state index contributed by atoms with van der Waals surface area (Å²) in [5, 5.41) is 8.96. The maximum absolute atomic E-state index is 11.5. The molecule has 1 rings (SSSR count). The molecular weight excluding hydrogens is 250 g/mol. The third kappa shape index (κ3) is 5.27. The minimum Gasteiger partial charge on any atom is -0.462 e. The van der Waals surface area contributed by atoms with E-state index in [0.717, 1.165) is 12.0 Å². The molecule has 0 saturated carbocycles. The SMILES string of the molecule is CCCCCc1ccc(/C=C(\C#N)C(=O)OCC)cc1. The molecule has 0 bridgehead atoms. The van der Waals surface area contributed by atoms with E-state index in [2.05, 4.69) is 6.92 Å². The second kappa shape index (κ2) is 8.92. The van der Waals surface area contributed by atoms with Crippen molar-refractivity contribution in [1.29, 1.82) is 5.26 Å². The molecule has 0 unspecified atom stereocenters. The minimum absolute atomic E-state index is 0.0329. The molecule has 20 heavy (non-hydrogen) atoms. The third-order valence-corrected chi connectivity index (χ3v) is 2.98. The van der Waals surface area contributed by atoms with Crippen molar-refractivity contribution >= 4 is 12.0 Å². The topological polar surface area (TPSA) is 50.1 Å². The Kier molecular flexibility index (Phi) is 7.13. The van der Waals surface area contributed by atoms with Crippen LogP contribution in [0.4, 0.5) is 0 Å². The van der Waals surface area contributed by atoms with Gasteiger partial charge in [-0.2, -0.15) is 5.26 Å². The van der Waals surface area contributed by atoms with E-state index in [1.807, 2.05) is 30.3 Å². The van der Waals surface area contributed by atoms with Crippen LogP contribution in [0.15, 0.2) is 29.8 Å². The molecular formula is C17H21NO2. The number of rotatable bonds is 7. The molecule has 0 aliphatic heterocycles. The molecule has 1 aromatic carbocycles. The van der Waals surface area contributed by atoms with Crippen molar-refractivity contribution in [3.05, 3.63) is 41.0 Å². The predicted molar refractivity (Wildman–Crippen MR) is 79.9 cm³/mol. The van der Waals surface area contributed by atoms with Crippen LogP contribution in [0.3, 0.4) is 0 Å². The van der Waals surface area contributed by atoms with Crippen molar-refractivity contribution in [3.63, 3.8) is 0 Å². The minimum atomic E-state index is -0.568. The number of nitrogens with zero attached hydrogens (tertiary/aromatic N) is 1. The highest BCUT2D eigenvalue weighted by atomic mass is 16.5. The molecule has 0 aliphatic carbocycles. The number of unbranched alkanes of at least 4 members (excludes halogenated alkanes) is 2. The summed E-state index contributed by atoms with van der Waals surface area (Å²) in [4.78, 5) is 11.5. The van der Waals surface area contributed by atoms with Gasteiger partial charge in [-0.3, -0.25) is 0 Å². The van der Waals surface area contributed by atoms with E-state index < -0.39 is 5.97 Å². The molecule has 0 spiro atoms. The van der Waals surface area contributed by atoms with Crippen molar-refractivity contribution < 1.29 is 9.53 Å². The number of carbonyl (C=O) groups excluding carboxylic acids is 1. The fraction of sp³-hybridized carbons (Fsp3) is 0.412. The van der Waals surface area contributed by atoms with Gasteiger partial charge in [-0.1, -0.05) is 44.0 Å². The Morgan fingerprint density at radius 2 is 1.95 bits per heavy atom. The highest BCUT2D eigenvalue weighted by Crippen LogP contribution is 2.12. The summed E-state index contributed by atoms with van der Waals surface area (Å²) in [6, 6.07) is 9.82. The van der Waals surface area contributed by atoms with E-state index in [1.54, 1.807) is 13.0 Å². The molecule has 0 N–H and O–H groups in total. The van der Waals surface area contributed by atoms with Gasteiger partial charge in [0.2, 0.25) is 0 Å². The smallest absolute Gasteiger partial charge is 0.348 e. The van der Waals surface area contributed by atoms with E-state index >= 15 is 0 Å². The molecule has 3 heteroatoms. The van der Waals surface area contributed by atoms with Crippen molar-refractivity contribution in [1.82, 2.24) is 0 Å². The fourth-order valence-corrected chi connectivity index (χ4v) is 1.87. The highest BCUT2D eigenvalue weighted by Gasteiger charge is 2.09. The first-order valence-electron chi connectivity index (χ1n) is 7.09. The molecule has 0 radical (unpaired) electrons. The Morgan fingerprint density at radius 1 is 1.25 bits per heavy atom. The molecule has 0 saturated heterocycles. The van der Waals surface area contributed by atoms with Crippen LogP contribution in [0.1, 0.15) is 44.2 Å². The highest BCUT2D eigenvalue weighted by molar-refractivity contribution is 5.97. The molecule has 3 nitrogen and oxygen atoms in total. The Morgan fingerprint density at radius 3 is 2.50 bits per heavy atom. The van der Waals surface area contributed by atoms with E-state index in [1.165, 1.54) is 24.8 Å². The van der Waals surface area contributed by atoms with Crippen molar-refractivity contribution in [2.45, 2.75) is 39.5 Å². The third-order valence-electron chi connectivity index (χ3n) is 2.98. The maximum atomic E-state index is 11.5. The average Bonchev–Trinajstić information content (AvgIpc) is 2.46. The first-order valence-corrected chi connectivity index (χ1v) is 7.09. The Bertz CT molecular complexity index is 495. The number of carbonyl (C=O) groups is 1. The first-order chi connectivity index (χ1) is 9.71. The van der Waals surface area contributed by atoms with Crippen LogP contribution in [0.5, 0.6) is 0 Å². The number of benzene rings is 1. The van der Waals surface area contributed by atoms with Crippen LogP contribution in [0.2, 0.25) is 0 Å². The van der Waals surface area contributed by atoms with Crippen LogP contribution in [0.25, 0.3) is 6.08 Å². The van der Waals surface area contributed by atoms with E-state index in [0.29, 0.717) is 0 Å². The van der Waals surface area contributed by atoms with Crippen molar-refractivity contribution in [3.8, 4) is 6.07 Å². The predicted octanol–water partition coefficient (Wildman–Crippen LogP) is 3.89. The lowest BCUT2D eigenvalue weighted by atomic mass is 10.0. The lowest BCUT2D eigenvalue weighted by Crippen LogP contribution is -2.05. The Balaban J connectivity index is 2.72. The maximum Gasteiger partial charge on any atom is 0.348 e. The number of hydrogen-bond acceptors (Lipinski definition) is 3. The average molecular weight is 271 g/mol. The Labute approximate surface area is 120 Å². The Hall–Kier alpha value is -2.08. The van der Waals surface area contributed by atoms with Gasteiger partial charge >= 0.3 is 5.97 Å². The second-order valence-corrected chi connectivity index (χ2v) is 4.59. The van der Waals surface area contributed by atoms with Gasteiger partial charge in [0, 0.05) is 0 Å². The normalized spacial score (nSPS) is 10.9. The molecule has 106 valence electrons. The van der Waals surface area contributed by atoms with Gasteiger partial charge in [-0.25, -0.2) is 4.79 Å². The quantitative estimate of drug-likeness (QED) is 0.327. The summed E-state index contributed by atoms with van der Waals surface area (Å²) in [5.41, 5.74) is 2.16. The lowest BCUT2D eigenvalue weighted by molar-refractivity contribution is -0.137. The van der Waals surface area contributed by atoms with Gasteiger partial charge in [0.15, 0.2) is 0 Å². The van der Waals surface area contributed by atoms with Gasteiger partial charge < -0.3 is 4.74 Å². The van der Waals surface area contributed by atoms with E-state index in [4.69, 9.17) is 10.00 Å². The summed E-state index contributed by atoms with van der Waals surface area (Å²) < 4.78 is 4.83. The molecule has 0 amide bonds. The monoisotopic (exact) mass is 271 g/mol. The zero-order valence-electron chi connectivity index (χ0n) is 12.2. The second-order valence-electron chi connectivity index (χ2n) is 4.59. The molecule has 0 fully saturated rings. The van der Waals surface area contributed by atoms with Crippen LogP contribution in [0, 0.1) is 11.3 Å². The summed E-state index contributed by atoms with van der Waals surface area (Å²) in [6.45, 7) is 4.18. The zero-order valence-corrected chi connectivity index (χ0v) is 12.2. The summed E-state index contributed by atoms with van der Waals surface area (Å²) in [6.07, 6.45) is 6.28. The number of hydrogen-bond donors (Lipinski definition) is 0. The van der Waals surface area contributed by atoms with Gasteiger partial charge in [0.1, 0.15) is 11.6 Å². The molecule has 0 aliphatic rings. The summed E-state index contributed by atoms with van der Waals surface area (Å²) >= 11 is 0. The van der Waals surface area contributed by atoms with E-state index in [-0.39, 0.29) is 12.2 Å². The zero-order chi connectivity index (χ0) is 14.8. The standard InChI is InChI=1S/C17H21NO2/c1-3-5-6-7-14-8-10-15(11-9-14)12-16(13-18)17(19)20-4-2/h8-12H,3-7H2,1-2H3/b16-12+. The van der Waals surface area contributed by atoms with Crippen molar-refractivity contribution in [2.24, 2.45) is 0 Å². The van der Waals surface area contributed by atoms with Crippen LogP contribution in [-0.4, -0.2) is 12.6 Å². The molecule has 0 aromatic heterocycles. The molecule has 1 aromatic rings. The summed E-state index contributed by atoms with van der Waals surface area (Å²) in [7, 11) is 0. The fourth-order valence-electron chi connectivity index (χ4n) is 1.87. The molecule has 0 heterocycles.